The van der Waals surface area contributed by atoms with Crippen LogP contribution >= 0.6 is 0 Å². The first kappa shape index (κ1) is 29.6. The summed E-state index contributed by atoms with van der Waals surface area (Å²) in [6.45, 7) is 10.1. The van der Waals surface area contributed by atoms with Crippen LogP contribution in [0.5, 0.6) is 0 Å². The van der Waals surface area contributed by atoms with Gasteiger partial charge in [0.1, 0.15) is 22.4 Å². The molecular weight excluding hydrogens is 542 g/mol. The summed E-state index contributed by atoms with van der Waals surface area (Å²) in [6.07, 6.45) is 2.30. The Kier molecular flexibility index (Phi) is 6.04. The maximum atomic E-state index is 12.9. The number of carbonyl (C=O) groups excluding carboxylic acids is 1. The minimum Gasteiger partial charge on any atom is -0.453 e. The molecule has 42 heavy (non-hydrogen) atoms. The van der Waals surface area contributed by atoms with Crippen molar-refractivity contribution in [3.05, 3.63) is 11.6 Å². The van der Waals surface area contributed by atoms with Gasteiger partial charge in [-0.3, -0.25) is 4.90 Å². The van der Waals surface area contributed by atoms with Gasteiger partial charge in [-0.05, 0) is 65.2 Å². The first-order valence-corrected chi connectivity index (χ1v) is 16.0. The maximum absolute atomic E-state index is 12.9. The fraction of sp³-hybridized carbons (Fsp3) is 0.906. The Bertz CT molecular complexity index is 1220. The van der Waals surface area contributed by atoms with E-state index in [9.17, 15) is 35.4 Å². The van der Waals surface area contributed by atoms with Gasteiger partial charge in [0.05, 0.1) is 11.7 Å². The molecule has 14 atom stereocenters. The molecule has 7 aliphatic rings. The van der Waals surface area contributed by atoms with Crippen molar-refractivity contribution in [2.75, 3.05) is 13.1 Å². The third kappa shape index (κ3) is 3.07. The predicted molar refractivity (Wildman–Crippen MR) is 150 cm³/mol. The number of fused-ring (bicyclic) bond motifs is 5. The molecule has 10 heteroatoms. The zero-order chi connectivity index (χ0) is 30.5. The van der Waals surface area contributed by atoms with Gasteiger partial charge in [-0.2, -0.15) is 0 Å². The van der Waals surface area contributed by atoms with E-state index in [1.165, 1.54) is 0 Å². The van der Waals surface area contributed by atoms with Crippen LogP contribution in [0.2, 0.25) is 0 Å². The number of esters is 1. The highest BCUT2D eigenvalue weighted by Crippen LogP contribution is 2.78. The molecule has 1 spiro atoms. The van der Waals surface area contributed by atoms with Crippen molar-refractivity contribution in [1.29, 1.82) is 0 Å². The number of allylic oxidation sites excluding steroid dienone is 1. The van der Waals surface area contributed by atoms with Crippen LogP contribution < -0.4 is 0 Å². The Morgan fingerprint density at radius 2 is 1.64 bits per heavy atom. The van der Waals surface area contributed by atoms with Crippen LogP contribution in [0.25, 0.3) is 0 Å². The number of piperidine rings is 2. The number of hydrogen-bond donors (Lipinski definition) is 6. The molecule has 10 nitrogen and oxygen atoms in total. The smallest absolute Gasteiger partial charge is 0.333 e. The van der Waals surface area contributed by atoms with Gasteiger partial charge in [-0.25, -0.2) is 4.79 Å². The van der Waals surface area contributed by atoms with Crippen molar-refractivity contribution in [1.82, 2.24) is 4.90 Å². The van der Waals surface area contributed by atoms with Crippen molar-refractivity contribution in [3.8, 4) is 0 Å². The van der Waals surface area contributed by atoms with Crippen LogP contribution in [-0.4, -0.2) is 107 Å². The Labute approximate surface area is 247 Å². The van der Waals surface area contributed by atoms with Gasteiger partial charge in [0.2, 0.25) is 5.79 Å². The molecule has 4 bridgehead atoms. The molecule has 0 radical (unpaired) electrons. The molecule has 4 aliphatic carbocycles. The van der Waals surface area contributed by atoms with E-state index in [2.05, 4.69) is 11.8 Å². The minimum absolute atomic E-state index is 0.0606. The zero-order valence-electron chi connectivity index (χ0n) is 25.5. The molecule has 7 rings (SSSR count). The summed E-state index contributed by atoms with van der Waals surface area (Å²) < 4.78 is 12.6. The second-order valence-corrected chi connectivity index (χ2v) is 15.7. The number of rotatable bonds is 2. The van der Waals surface area contributed by atoms with Gasteiger partial charge in [0.25, 0.3) is 0 Å². The van der Waals surface area contributed by atoms with Gasteiger partial charge < -0.3 is 40.1 Å². The van der Waals surface area contributed by atoms with Gasteiger partial charge in [0, 0.05) is 60.7 Å². The van der Waals surface area contributed by atoms with Crippen molar-refractivity contribution >= 4 is 5.97 Å². The van der Waals surface area contributed by atoms with E-state index >= 15 is 0 Å². The number of nitrogens with zero attached hydrogens (tertiary/aromatic N) is 1. The molecule has 4 saturated carbocycles. The van der Waals surface area contributed by atoms with E-state index < -0.39 is 75.1 Å². The summed E-state index contributed by atoms with van der Waals surface area (Å²) in [5.41, 5.74) is -8.96. The number of carbonyl (C=O) groups is 1. The van der Waals surface area contributed by atoms with E-state index in [0.717, 1.165) is 6.42 Å². The van der Waals surface area contributed by atoms with E-state index in [1.807, 2.05) is 6.92 Å². The van der Waals surface area contributed by atoms with Crippen LogP contribution in [0, 0.1) is 29.1 Å². The van der Waals surface area contributed by atoms with Gasteiger partial charge in [-0.1, -0.05) is 19.9 Å². The molecule has 3 aliphatic heterocycles. The Morgan fingerprint density at radius 1 is 0.952 bits per heavy atom. The molecule has 0 aromatic heterocycles. The molecule has 0 amide bonds. The monoisotopic (exact) mass is 591 g/mol. The fourth-order valence-electron chi connectivity index (χ4n) is 11.8. The lowest BCUT2D eigenvalue weighted by atomic mass is 9.49. The Hall–Kier alpha value is -1.11. The zero-order valence-corrected chi connectivity index (χ0v) is 25.5. The van der Waals surface area contributed by atoms with Gasteiger partial charge in [-0.15, -0.1) is 0 Å². The molecular formula is C32H49NO9. The summed E-state index contributed by atoms with van der Waals surface area (Å²) in [5, 5.41) is 73.9. The summed E-state index contributed by atoms with van der Waals surface area (Å²) in [7, 11) is 0. The molecule has 236 valence electrons. The Morgan fingerprint density at radius 3 is 2.33 bits per heavy atom. The lowest BCUT2D eigenvalue weighted by molar-refractivity contribution is -0.354. The quantitative estimate of drug-likeness (QED) is 0.202. The number of aliphatic hydroxyl groups is 6. The van der Waals surface area contributed by atoms with Crippen LogP contribution in [0.15, 0.2) is 11.6 Å². The standard InChI is InChI=1S/C32H49NO9/c1-6-18(3)25(35)41-24-11-12-26(4)19-8-9-20-28(37)13-23(34)31(39)21(29(28,38)16-30(20,26)42-32(19,24)40)15-33-14-17(2)7-10-22(33)27(31,5)36/h6,17,19-24,34,36-40H,7-16H2,1-5H3/t17-,19-,20-,21-,22-,23-,24-,26-,27+,28+,29+,30-,31-,32-/m0/s1. The summed E-state index contributed by atoms with van der Waals surface area (Å²) in [4.78, 5) is 14.9. The molecule has 6 N–H and O–H groups in total. The number of aliphatic hydroxyl groups excluding tert-OH is 1. The van der Waals surface area contributed by atoms with E-state index in [-0.39, 0.29) is 25.4 Å². The molecule has 3 saturated heterocycles. The Balaban J connectivity index is 1.32. The average Bonchev–Trinajstić information content (AvgIpc) is 3.09. The van der Waals surface area contributed by atoms with Crippen molar-refractivity contribution in [2.24, 2.45) is 29.1 Å². The summed E-state index contributed by atoms with van der Waals surface area (Å²) >= 11 is 0. The predicted octanol–water partition coefficient (Wildman–Crippen LogP) is 0.991. The first-order valence-electron chi connectivity index (χ1n) is 16.0. The molecule has 7 fully saturated rings. The van der Waals surface area contributed by atoms with E-state index in [0.29, 0.717) is 50.1 Å². The van der Waals surface area contributed by atoms with E-state index in [1.54, 1.807) is 26.8 Å². The topological polar surface area (TPSA) is 160 Å². The number of hydrogen-bond acceptors (Lipinski definition) is 10. The molecule has 0 unspecified atom stereocenters. The third-order valence-corrected chi connectivity index (χ3v) is 14.1. The van der Waals surface area contributed by atoms with Crippen LogP contribution in [0.4, 0.5) is 0 Å². The van der Waals surface area contributed by atoms with Crippen LogP contribution in [0.1, 0.15) is 86.0 Å². The highest BCUT2D eigenvalue weighted by atomic mass is 16.7. The van der Waals surface area contributed by atoms with Crippen molar-refractivity contribution in [2.45, 2.75) is 138 Å². The maximum Gasteiger partial charge on any atom is 0.333 e. The first-order chi connectivity index (χ1) is 19.5. The summed E-state index contributed by atoms with van der Waals surface area (Å²) in [6, 6.07) is -0.387. The molecule has 3 heterocycles. The molecule has 0 aromatic rings. The second kappa shape index (κ2) is 8.57. The average molecular weight is 592 g/mol. The molecule has 0 aromatic carbocycles. The normalized spacial score (nSPS) is 60.3. The fourth-order valence-corrected chi connectivity index (χ4v) is 11.8. The lowest BCUT2D eigenvalue weighted by Gasteiger charge is -2.68. The van der Waals surface area contributed by atoms with Gasteiger partial charge in [0.15, 0.2) is 6.10 Å². The summed E-state index contributed by atoms with van der Waals surface area (Å²) in [5.74, 6) is -4.05. The van der Waals surface area contributed by atoms with Crippen molar-refractivity contribution < 1.29 is 44.9 Å². The largest absolute Gasteiger partial charge is 0.453 e. The second-order valence-electron chi connectivity index (χ2n) is 15.7. The lowest BCUT2D eigenvalue weighted by Crippen LogP contribution is -2.85. The van der Waals surface area contributed by atoms with Gasteiger partial charge >= 0.3 is 5.97 Å². The highest BCUT2D eigenvalue weighted by Gasteiger charge is 2.88. The van der Waals surface area contributed by atoms with E-state index in [4.69, 9.17) is 9.47 Å². The number of ether oxygens (including phenoxy) is 2. The van der Waals surface area contributed by atoms with Crippen LogP contribution in [-0.2, 0) is 14.3 Å². The van der Waals surface area contributed by atoms with Crippen LogP contribution in [0.3, 0.4) is 0 Å². The minimum atomic E-state index is -2.06. The van der Waals surface area contributed by atoms with Crippen molar-refractivity contribution in [3.63, 3.8) is 0 Å². The highest BCUT2D eigenvalue weighted by molar-refractivity contribution is 5.87. The SMILES string of the molecule is CC=C(C)C(=O)O[C@H]1CC[C@@]2(C)[C@@H]3CC[C@H]4[C@]5(O)C[C@H](O)[C@@]6(O)[C@@H](CN7C[C@@H](C)CC[C@H]7[C@@]6(C)O)[C@]5(O)C[C@]42O[C@]13O. The third-order valence-electron chi connectivity index (χ3n) is 14.1.